The van der Waals surface area contributed by atoms with Gasteiger partial charge in [-0.2, -0.15) is 4.98 Å². The van der Waals surface area contributed by atoms with Gasteiger partial charge in [0.1, 0.15) is 5.75 Å². The number of carbonyl (C=O) groups is 1. The van der Waals surface area contributed by atoms with Crippen LogP contribution in [0.1, 0.15) is 16.2 Å². The molecule has 0 radical (unpaired) electrons. The number of methoxy groups -OCH3 is 1. The van der Waals surface area contributed by atoms with Crippen molar-refractivity contribution in [2.75, 3.05) is 18.2 Å². The van der Waals surface area contributed by atoms with Crippen LogP contribution >= 0.6 is 0 Å². The number of hydrogen-bond acceptors (Lipinski definition) is 6. The first-order valence-corrected chi connectivity index (χ1v) is 5.15. The van der Waals surface area contributed by atoms with Crippen LogP contribution in [0.4, 0.5) is 11.7 Å². The van der Waals surface area contributed by atoms with Crippen LogP contribution in [0.15, 0.2) is 22.7 Å². The van der Waals surface area contributed by atoms with Crippen LogP contribution in [-0.2, 0) is 0 Å². The zero-order valence-corrected chi connectivity index (χ0v) is 9.93. The number of nitrogen functional groups attached to an aromatic ring is 1. The van der Waals surface area contributed by atoms with Crippen LogP contribution in [0.3, 0.4) is 0 Å². The van der Waals surface area contributed by atoms with Crippen molar-refractivity contribution in [2.24, 2.45) is 0 Å². The van der Waals surface area contributed by atoms with Gasteiger partial charge in [-0.05, 0) is 25.1 Å². The van der Waals surface area contributed by atoms with E-state index in [9.17, 15) is 4.79 Å². The number of nitrogens with one attached hydrogen (secondary N) is 1. The summed E-state index contributed by atoms with van der Waals surface area (Å²) in [5.41, 5.74) is 6.47. The molecule has 94 valence electrons. The fourth-order valence-corrected chi connectivity index (χ4v) is 1.39. The second kappa shape index (κ2) is 4.74. The summed E-state index contributed by atoms with van der Waals surface area (Å²) in [6.07, 6.45) is 0. The first kappa shape index (κ1) is 11.9. The molecule has 2 rings (SSSR count). The third-order valence-corrected chi connectivity index (χ3v) is 2.24. The number of rotatable bonds is 3. The van der Waals surface area contributed by atoms with Gasteiger partial charge >= 0.3 is 6.01 Å². The second-order valence-corrected chi connectivity index (χ2v) is 3.56. The molecular formula is C11H12N4O3. The number of benzene rings is 1. The van der Waals surface area contributed by atoms with E-state index in [0.29, 0.717) is 22.8 Å². The van der Waals surface area contributed by atoms with Gasteiger partial charge in [-0.15, -0.1) is 0 Å². The van der Waals surface area contributed by atoms with Crippen LogP contribution in [0, 0.1) is 6.92 Å². The lowest BCUT2D eigenvalue weighted by Gasteiger charge is -2.06. The molecule has 2 aromatic rings. The Labute approximate surface area is 103 Å². The predicted octanol–water partition coefficient (Wildman–Crippen LogP) is 1.22. The standard InChI is InChI=1S/C11H12N4O3/c1-6-13-11(18-15-6)14-10(16)7-3-4-9(17-2)8(12)5-7/h3-5H,12H2,1-2H3,(H,13,14,15,16). The van der Waals surface area contributed by atoms with E-state index in [-0.39, 0.29) is 11.9 Å². The van der Waals surface area contributed by atoms with E-state index in [4.69, 9.17) is 15.0 Å². The summed E-state index contributed by atoms with van der Waals surface area (Å²) >= 11 is 0. The second-order valence-electron chi connectivity index (χ2n) is 3.56. The molecule has 7 nitrogen and oxygen atoms in total. The average Bonchev–Trinajstić information content (AvgIpc) is 2.74. The number of aromatic nitrogens is 2. The molecule has 0 unspecified atom stereocenters. The quantitative estimate of drug-likeness (QED) is 0.791. The Kier molecular flexibility index (Phi) is 3.13. The van der Waals surface area contributed by atoms with Crippen molar-refractivity contribution in [2.45, 2.75) is 6.92 Å². The van der Waals surface area contributed by atoms with E-state index in [1.165, 1.54) is 13.2 Å². The lowest BCUT2D eigenvalue weighted by Crippen LogP contribution is -2.12. The molecule has 1 heterocycles. The maximum Gasteiger partial charge on any atom is 0.328 e. The van der Waals surface area contributed by atoms with Gasteiger partial charge in [0.15, 0.2) is 5.82 Å². The predicted molar refractivity (Wildman–Crippen MR) is 64.4 cm³/mol. The Balaban J connectivity index is 2.16. The van der Waals surface area contributed by atoms with Gasteiger partial charge in [0, 0.05) is 5.56 Å². The summed E-state index contributed by atoms with van der Waals surface area (Å²) in [6.45, 7) is 1.66. The molecule has 7 heteroatoms. The maximum absolute atomic E-state index is 11.8. The SMILES string of the molecule is COc1ccc(C(=O)Nc2nc(C)no2)cc1N. The fourth-order valence-electron chi connectivity index (χ4n) is 1.39. The highest BCUT2D eigenvalue weighted by molar-refractivity contribution is 6.03. The van der Waals surface area contributed by atoms with E-state index >= 15 is 0 Å². The monoisotopic (exact) mass is 248 g/mol. The molecule has 0 aliphatic heterocycles. The molecule has 1 amide bonds. The molecule has 1 aromatic heterocycles. The van der Waals surface area contributed by atoms with E-state index < -0.39 is 0 Å². The van der Waals surface area contributed by atoms with Gasteiger partial charge in [0.2, 0.25) is 0 Å². The normalized spacial score (nSPS) is 10.1. The molecule has 0 saturated carbocycles. The van der Waals surface area contributed by atoms with Gasteiger partial charge in [0.05, 0.1) is 12.8 Å². The smallest absolute Gasteiger partial charge is 0.328 e. The Morgan fingerprint density at radius 2 is 2.28 bits per heavy atom. The van der Waals surface area contributed by atoms with Gasteiger partial charge in [-0.1, -0.05) is 5.16 Å². The van der Waals surface area contributed by atoms with Crippen LogP contribution in [-0.4, -0.2) is 23.2 Å². The van der Waals surface area contributed by atoms with Crippen molar-refractivity contribution < 1.29 is 14.1 Å². The molecule has 3 N–H and O–H groups in total. The molecular weight excluding hydrogens is 236 g/mol. The minimum Gasteiger partial charge on any atom is -0.495 e. The minimum absolute atomic E-state index is 0.0480. The molecule has 0 saturated heterocycles. The number of amides is 1. The number of nitrogens with zero attached hydrogens (tertiary/aromatic N) is 2. The Morgan fingerprint density at radius 1 is 1.50 bits per heavy atom. The lowest BCUT2D eigenvalue weighted by molar-refractivity contribution is 0.102. The summed E-state index contributed by atoms with van der Waals surface area (Å²) in [6, 6.07) is 4.76. The fraction of sp³-hybridized carbons (Fsp3) is 0.182. The highest BCUT2D eigenvalue weighted by Gasteiger charge is 2.12. The van der Waals surface area contributed by atoms with Crippen molar-refractivity contribution in [3.8, 4) is 5.75 Å². The topological polar surface area (TPSA) is 103 Å². The van der Waals surface area contributed by atoms with E-state index in [1.807, 2.05) is 0 Å². The van der Waals surface area contributed by atoms with Crippen LogP contribution in [0.5, 0.6) is 5.75 Å². The summed E-state index contributed by atoms with van der Waals surface area (Å²) in [4.78, 5) is 15.7. The molecule has 0 spiro atoms. The number of anilines is 2. The van der Waals surface area contributed by atoms with E-state index in [2.05, 4.69) is 15.5 Å². The van der Waals surface area contributed by atoms with Crippen molar-refractivity contribution in [3.05, 3.63) is 29.6 Å². The molecule has 0 fully saturated rings. The third-order valence-electron chi connectivity index (χ3n) is 2.24. The van der Waals surface area contributed by atoms with Gasteiger partial charge in [0.25, 0.3) is 5.91 Å². The third kappa shape index (κ3) is 2.40. The van der Waals surface area contributed by atoms with Crippen LogP contribution in [0.2, 0.25) is 0 Å². The number of carbonyl (C=O) groups excluding carboxylic acids is 1. The number of aryl methyl sites for hydroxylation is 1. The highest BCUT2D eigenvalue weighted by atomic mass is 16.5. The molecule has 1 aromatic carbocycles. The van der Waals surface area contributed by atoms with Gasteiger partial charge < -0.3 is 15.0 Å². The largest absolute Gasteiger partial charge is 0.495 e. The zero-order valence-electron chi connectivity index (χ0n) is 9.93. The number of nitrogens with two attached hydrogens (primary N) is 1. The van der Waals surface area contributed by atoms with Gasteiger partial charge in [-0.3, -0.25) is 10.1 Å². The maximum atomic E-state index is 11.8. The zero-order chi connectivity index (χ0) is 13.1. The van der Waals surface area contributed by atoms with Gasteiger partial charge in [-0.25, -0.2) is 0 Å². The number of ether oxygens (including phenoxy) is 1. The number of hydrogen-bond donors (Lipinski definition) is 2. The van der Waals surface area contributed by atoms with Crippen molar-refractivity contribution in [1.29, 1.82) is 0 Å². The minimum atomic E-state index is -0.381. The highest BCUT2D eigenvalue weighted by Crippen LogP contribution is 2.22. The molecule has 0 atom stereocenters. The summed E-state index contributed by atoms with van der Waals surface area (Å²) in [5.74, 6) is 0.577. The molecule has 18 heavy (non-hydrogen) atoms. The Hall–Kier alpha value is -2.57. The average molecular weight is 248 g/mol. The Morgan fingerprint density at radius 3 is 2.83 bits per heavy atom. The first-order chi connectivity index (χ1) is 8.60. The lowest BCUT2D eigenvalue weighted by atomic mass is 10.2. The van der Waals surface area contributed by atoms with Crippen molar-refractivity contribution in [3.63, 3.8) is 0 Å². The van der Waals surface area contributed by atoms with E-state index in [1.54, 1.807) is 19.1 Å². The molecule has 0 bridgehead atoms. The summed E-state index contributed by atoms with van der Waals surface area (Å²) in [5, 5.41) is 6.03. The molecule has 0 aliphatic carbocycles. The van der Waals surface area contributed by atoms with E-state index in [0.717, 1.165) is 0 Å². The first-order valence-electron chi connectivity index (χ1n) is 5.15. The van der Waals surface area contributed by atoms with Crippen LogP contribution in [0.25, 0.3) is 0 Å². The molecule has 0 aliphatic rings. The van der Waals surface area contributed by atoms with Crippen molar-refractivity contribution >= 4 is 17.6 Å². The van der Waals surface area contributed by atoms with Crippen LogP contribution < -0.4 is 15.8 Å². The van der Waals surface area contributed by atoms with Crippen molar-refractivity contribution in [1.82, 2.24) is 10.1 Å². The Bertz CT molecular complexity index is 579. The summed E-state index contributed by atoms with van der Waals surface area (Å²) < 4.78 is 9.79. The summed E-state index contributed by atoms with van der Waals surface area (Å²) in [7, 11) is 1.51.